The Bertz CT molecular complexity index is 1010. The van der Waals surface area contributed by atoms with Crippen LogP contribution in [-0.4, -0.2) is 66.5 Å². The first-order valence-electron chi connectivity index (χ1n) is 11.1. The Morgan fingerprint density at radius 2 is 1.89 bits per heavy atom. The van der Waals surface area contributed by atoms with Gasteiger partial charge in [0.1, 0.15) is 37.4 Å². The number of anilines is 1. The van der Waals surface area contributed by atoms with Crippen LogP contribution in [0.15, 0.2) is 60.7 Å². The van der Waals surface area contributed by atoms with Gasteiger partial charge in [0.25, 0.3) is 5.91 Å². The third kappa shape index (κ3) is 9.48. The quantitative estimate of drug-likeness (QED) is 0.413. The van der Waals surface area contributed by atoms with E-state index in [1.54, 1.807) is 29.2 Å². The largest absolute Gasteiger partial charge is 0.545 e. The second-order valence-corrected chi connectivity index (χ2v) is 7.97. The molecular formula is C25H30N2O8. The lowest BCUT2D eigenvalue weighted by Gasteiger charge is -2.30. The maximum Gasteiger partial charge on any atom is 0.328 e. The Morgan fingerprint density at radius 3 is 2.49 bits per heavy atom. The number of hydrogen-bond donors (Lipinski definition) is 3. The number of benzene rings is 2. The summed E-state index contributed by atoms with van der Waals surface area (Å²) in [6.45, 7) is 5.89. The number of aliphatic hydroxyl groups is 1. The van der Waals surface area contributed by atoms with Gasteiger partial charge in [0, 0.05) is 17.7 Å². The van der Waals surface area contributed by atoms with Crippen molar-refractivity contribution in [2.75, 3.05) is 31.2 Å². The monoisotopic (exact) mass is 486 g/mol. The molecule has 188 valence electrons. The topological polar surface area (TPSA) is 153 Å². The van der Waals surface area contributed by atoms with Crippen molar-refractivity contribution in [2.45, 2.75) is 26.0 Å². The molecule has 1 aliphatic heterocycles. The van der Waals surface area contributed by atoms with Crippen LogP contribution in [0.25, 0.3) is 0 Å². The summed E-state index contributed by atoms with van der Waals surface area (Å²) in [5.74, 6) is -1.61. The van der Waals surface area contributed by atoms with Crippen LogP contribution in [0.3, 0.4) is 0 Å². The standard InChI is InChI=1S/C21H26N2O4.C4H4O4/c1-15(2)22-13-17(24)14-27-18-8-9-20-19(12-18)23(10-11-26-20)21(25)16-6-4-3-5-7-16;5-3(6)1-2-4(7)8/h3-9,12,15,17,22,24H,10-11,13-14H2,1-2H3;1-2H,(H,5,6)(H,7,8)/b;2-1+. The van der Waals surface area contributed by atoms with Gasteiger partial charge in [-0.05, 0) is 44.2 Å². The highest BCUT2D eigenvalue weighted by Crippen LogP contribution is 2.35. The summed E-state index contributed by atoms with van der Waals surface area (Å²) in [7, 11) is 0. The maximum absolute atomic E-state index is 12.9. The number of carbonyl (C=O) groups excluding carboxylic acids is 2. The number of hydrogen-bond acceptors (Lipinski definition) is 7. The van der Waals surface area contributed by atoms with Gasteiger partial charge in [-0.1, -0.05) is 18.2 Å². The maximum atomic E-state index is 12.9. The lowest BCUT2D eigenvalue weighted by atomic mass is 10.1. The highest BCUT2D eigenvalue weighted by Gasteiger charge is 2.25. The van der Waals surface area contributed by atoms with E-state index >= 15 is 0 Å². The lowest BCUT2D eigenvalue weighted by molar-refractivity contribution is -0.688. The van der Waals surface area contributed by atoms with E-state index in [4.69, 9.17) is 14.6 Å². The number of aliphatic hydroxyl groups excluding tert-OH is 1. The SMILES string of the molecule is CC(C)[NH2+]CC(O)COc1ccc2c(c1)N(C(=O)c1ccccc1)CCO2.O=C([O-])/C=C/C(=O)O. The number of rotatable bonds is 9. The minimum absolute atomic E-state index is 0.0659. The smallest absolute Gasteiger partial charge is 0.328 e. The summed E-state index contributed by atoms with van der Waals surface area (Å²) in [4.78, 5) is 33.6. The van der Waals surface area contributed by atoms with E-state index in [0.717, 1.165) is 0 Å². The number of carbonyl (C=O) groups is 3. The number of amides is 1. The number of nitrogens with zero attached hydrogens (tertiary/aromatic N) is 1. The van der Waals surface area contributed by atoms with E-state index in [0.29, 0.717) is 60.6 Å². The van der Waals surface area contributed by atoms with Crippen molar-refractivity contribution >= 4 is 23.5 Å². The Balaban J connectivity index is 0.000000466. The fourth-order valence-electron chi connectivity index (χ4n) is 3.06. The van der Waals surface area contributed by atoms with Crippen molar-refractivity contribution in [1.82, 2.24) is 0 Å². The summed E-state index contributed by atoms with van der Waals surface area (Å²) in [6, 6.07) is 15.0. The molecule has 0 spiro atoms. The molecule has 10 heteroatoms. The molecule has 0 aliphatic carbocycles. The molecule has 0 fully saturated rings. The zero-order chi connectivity index (χ0) is 25.8. The van der Waals surface area contributed by atoms with E-state index in [9.17, 15) is 24.6 Å². The number of ether oxygens (including phenoxy) is 2. The van der Waals surface area contributed by atoms with Crippen LogP contribution in [0.4, 0.5) is 5.69 Å². The van der Waals surface area contributed by atoms with Crippen LogP contribution in [-0.2, 0) is 9.59 Å². The average Bonchev–Trinajstić information content (AvgIpc) is 2.85. The Kier molecular flexibility index (Phi) is 10.7. The first-order chi connectivity index (χ1) is 16.7. The lowest BCUT2D eigenvalue weighted by Crippen LogP contribution is -2.90. The van der Waals surface area contributed by atoms with Crippen molar-refractivity contribution in [3.05, 3.63) is 66.2 Å². The summed E-state index contributed by atoms with van der Waals surface area (Å²) >= 11 is 0. The Hall–Kier alpha value is -3.89. The highest BCUT2D eigenvalue weighted by atomic mass is 16.5. The molecule has 1 atom stereocenters. The average molecular weight is 487 g/mol. The van der Waals surface area contributed by atoms with Crippen LogP contribution < -0.4 is 24.8 Å². The first kappa shape index (κ1) is 27.4. The van der Waals surface area contributed by atoms with Gasteiger partial charge < -0.3 is 39.8 Å². The number of aliphatic carboxylic acids is 2. The van der Waals surface area contributed by atoms with Crippen LogP contribution in [0.2, 0.25) is 0 Å². The minimum Gasteiger partial charge on any atom is -0.545 e. The molecule has 0 saturated heterocycles. The van der Waals surface area contributed by atoms with Gasteiger partial charge in [-0.3, -0.25) is 4.79 Å². The van der Waals surface area contributed by atoms with E-state index in [-0.39, 0.29) is 12.5 Å². The molecule has 0 bridgehead atoms. The number of carboxylic acid groups (broad SMARTS) is 2. The summed E-state index contributed by atoms with van der Waals surface area (Å²) in [5, 5.41) is 29.3. The van der Waals surface area contributed by atoms with Crippen molar-refractivity contribution in [3.8, 4) is 11.5 Å². The van der Waals surface area contributed by atoms with Gasteiger partial charge >= 0.3 is 5.97 Å². The van der Waals surface area contributed by atoms with E-state index in [1.165, 1.54) is 0 Å². The van der Waals surface area contributed by atoms with E-state index in [2.05, 4.69) is 19.2 Å². The van der Waals surface area contributed by atoms with Crippen molar-refractivity contribution in [2.24, 2.45) is 0 Å². The zero-order valence-corrected chi connectivity index (χ0v) is 19.6. The normalized spacial score (nSPS) is 13.3. The molecule has 1 heterocycles. The predicted molar refractivity (Wildman–Crippen MR) is 125 cm³/mol. The minimum atomic E-state index is -1.51. The van der Waals surface area contributed by atoms with Gasteiger partial charge in [0.2, 0.25) is 0 Å². The third-order valence-corrected chi connectivity index (χ3v) is 4.74. The Morgan fingerprint density at radius 1 is 1.17 bits per heavy atom. The van der Waals surface area contributed by atoms with Crippen LogP contribution in [0, 0.1) is 0 Å². The number of quaternary nitrogens is 1. The van der Waals surface area contributed by atoms with Gasteiger partial charge in [-0.2, -0.15) is 0 Å². The van der Waals surface area contributed by atoms with Crippen LogP contribution in [0.5, 0.6) is 11.5 Å². The second-order valence-electron chi connectivity index (χ2n) is 7.97. The van der Waals surface area contributed by atoms with E-state index < -0.39 is 18.0 Å². The van der Waals surface area contributed by atoms with Gasteiger partial charge in [0.15, 0.2) is 0 Å². The molecule has 35 heavy (non-hydrogen) atoms. The third-order valence-electron chi connectivity index (χ3n) is 4.74. The van der Waals surface area contributed by atoms with Crippen LogP contribution >= 0.6 is 0 Å². The molecule has 0 saturated carbocycles. The molecule has 2 aromatic carbocycles. The first-order valence-corrected chi connectivity index (χ1v) is 11.1. The molecule has 0 radical (unpaired) electrons. The molecular weight excluding hydrogens is 456 g/mol. The Labute approximate surface area is 203 Å². The fourth-order valence-corrected chi connectivity index (χ4v) is 3.06. The fraction of sp³-hybridized carbons (Fsp3) is 0.320. The van der Waals surface area contributed by atoms with Crippen molar-refractivity contribution in [3.63, 3.8) is 0 Å². The summed E-state index contributed by atoms with van der Waals surface area (Å²) < 4.78 is 11.4. The highest BCUT2D eigenvalue weighted by molar-refractivity contribution is 6.07. The zero-order valence-electron chi connectivity index (χ0n) is 19.6. The molecule has 1 amide bonds. The van der Waals surface area contributed by atoms with Crippen molar-refractivity contribution in [1.29, 1.82) is 0 Å². The molecule has 4 N–H and O–H groups in total. The molecule has 1 unspecified atom stereocenters. The van der Waals surface area contributed by atoms with Gasteiger partial charge in [-0.25, -0.2) is 4.79 Å². The molecule has 2 aromatic rings. The predicted octanol–water partition coefficient (Wildman–Crippen LogP) is -0.186. The number of nitrogens with two attached hydrogens (primary N) is 1. The molecule has 10 nitrogen and oxygen atoms in total. The summed E-state index contributed by atoms with van der Waals surface area (Å²) in [6.07, 6.45) is 0.388. The van der Waals surface area contributed by atoms with Crippen molar-refractivity contribution < 1.29 is 44.5 Å². The van der Waals surface area contributed by atoms with Crippen LogP contribution in [0.1, 0.15) is 24.2 Å². The molecule has 3 rings (SSSR count). The summed E-state index contributed by atoms with van der Waals surface area (Å²) in [5.41, 5.74) is 1.33. The van der Waals surface area contributed by atoms with Gasteiger partial charge in [0.05, 0.1) is 24.2 Å². The second kappa shape index (κ2) is 13.7. The van der Waals surface area contributed by atoms with E-state index in [1.807, 2.05) is 24.3 Å². The molecule has 0 aromatic heterocycles. The number of carboxylic acids is 2. The van der Waals surface area contributed by atoms with Gasteiger partial charge in [-0.15, -0.1) is 0 Å². The molecule has 1 aliphatic rings. The number of fused-ring (bicyclic) bond motifs is 1.